The maximum absolute atomic E-state index is 13.4. The van der Waals surface area contributed by atoms with Crippen LogP contribution in [0.25, 0.3) is 16.6 Å². The third-order valence-corrected chi connectivity index (χ3v) is 7.15. The standard InChI is InChI=1S/C29H27FN4O2S.CH4/c1-17-5-6-18(2)25(13-17)27(20(4)33-28(35)29-31-15-19(3)37-29)36-24-11-12-26-21(14-24)16-32-34(26)23-9-7-22(30)8-10-23;/h5-16,20,27H,1-4H3,(H,33,35);1H4/t20-,27-;/m0./s1. The second-order valence-electron chi connectivity index (χ2n) is 9.19. The van der Waals surface area contributed by atoms with Gasteiger partial charge in [0.15, 0.2) is 5.01 Å². The van der Waals surface area contributed by atoms with Crippen molar-refractivity contribution in [2.75, 3.05) is 0 Å². The van der Waals surface area contributed by atoms with Gasteiger partial charge < -0.3 is 10.1 Å². The summed E-state index contributed by atoms with van der Waals surface area (Å²) in [6.45, 7) is 7.95. The van der Waals surface area contributed by atoms with Crippen molar-refractivity contribution in [1.82, 2.24) is 20.1 Å². The van der Waals surface area contributed by atoms with E-state index in [-0.39, 0.29) is 25.2 Å². The summed E-state index contributed by atoms with van der Waals surface area (Å²) in [6.07, 6.45) is 3.02. The molecule has 0 saturated carbocycles. The topological polar surface area (TPSA) is 69.0 Å². The van der Waals surface area contributed by atoms with E-state index in [0.717, 1.165) is 38.2 Å². The molecule has 0 aliphatic heterocycles. The number of rotatable bonds is 7. The van der Waals surface area contributed by atoms with E-state index >= 15 is 0 Å². The molecule has 8 heteroatoms. The number of nitrogens with one attached hydrogen (secondary N) is 1. The zero-order chi connectivity index (χ0) is 26.1. The molecule has 38 heavy (non-hydrogen) atoms. The van der Waals surface area contributed by atoms with Gasteiger partial charge in [0.2, 0.25) is 0 Å². The number of thiazole rings is 1. The quantitative estimate of drug-likeness (QED) is 0.243. The summed E-state index contributed by atoms with van der Waals surface area (Å²) >= 11 is 1.36. The van der Waals surface area contributed by atoms with Crippen molar-refractivity contribution < 1.29 is 13.9 Å². The Labute approximate surface area is 226 Å². The molecule has 2 aromatic heterocycles. The number of ether oxygens (including phenoxy) is 1. The Morgan fingerprint density at radius 3 is 2.50 bits per heavy atom. The lowest BCUT2D eigenvalue weighted by Crippen LogP contribution is -2.39. The van der Waals surface area contributed by atoms with E-state index in [0.29, 0.717) is 10.8 Å². The maximum Gasteiger partial charge on any atom is 0.280 e. The van der Waals surface area contributed by atoms with Crippen LogP contribution in [0.3, 0.4) is 0 Å². The lowest BCUT2D eigenvalue weighted by molar-refractivity contribution is 0.0881. The minimum absolute atomic E-state index is 0. The van der Waals surface area contributed by atoms with E-state index in [1.54, 1.807) is 29.2 Å². The highest BCUT2D eigenvalue weighted by Gasteiger charge is 2.26. The van der Waals surface area contributed by atoms with Gasteiger partial charge in [-0.15, -0.1) is 11.3 Å². The molecule has 1 N–H and O–H groups in total. The average molecular weight is 531 g/mol. The van der Waals surface area contributed by atoms with Gasteiger partial charge in [-0.2, -0.15) is 5.10 Å². The summed E-state index contributed by atoms with van der Waals surface area (Å²) in [4.78, 5) is 18.1. The van der Waals surface area contributed by atoms with Gasteiger partial charge in [0.05, 0.1) is 23.4 Å². The van der Waals surface area contributed by atoms with E-state index in [9.17, 15) is 9.18 Å². The second-order valence-corrected chi connectivity index (χ2v) is 10.4. The molecule has 196 valence electrons. The summed E-state index contributed by atoms with van der Waals surface area (Å²) in [7, 11) is 0. The predicted octanol–water partition coefficient (Wildman–Crippen LogP) is 7.12. The Kier molecular flexibility index (Phi) is 7.92. The lowest BCUT2D eigenvalue weighted by Gasteiger charge is -2.28. The van der Waals surface area contributed by atoms with Crippen LogP contribution in [0.15, 0.2) is 73.1 Å². The molecule has 0 aliphatic rings. The Hall–Kier alpha value is -4.04. The Balaban J connectivity index is 0.00000336. The Morgan fingerprint density at radius 1 is 1.03 bits per heavy atom. The molecular weight excluding hydrogens is 499 g/mol. The van der Waals surface area contributed by atoms with E-state index in [2.05, 4.69) is 33.6 Å². The number of amides is 1. The first-order valence-electron chi connectivity index (χ1n) is 12.0. The van der Waals surface area contributed by atoms with E-state index < -0.39 is 6.10 Å². The van der Waals surface area contributed by atoms with Gasteiger partial charge in [-0.25, -0.2) is 14.1 Å². The maximum atomic E-state index is 13.4. The van der Waals surface area contributed by atoms with Crippen molar-refractivity contribution in [1.29, 1.82) is 0 Å². The fourth-order valence-electron chi connectivity index (χ4n) is 4.32. The normalized spacial score (nSPS) is 12.6. The molecule has 0 fully saturated rings. The third-order valence-electron chi connectivity index (χ3n) is 6.24. The number of hydrogen-bond acceptors (Lipinski definition) is 5. The van der Waals surface area contributed by atoms with Crippen molar-refractivity contribution in [3.8, 4) is 11.4 Å². The van der Waals surface area contributed by atoms with Crippen LogP contribution in [0.5, 0.6) is 5.75 Å². The SMILES string of the molecule is C.Cc1ccc(C)c([C@@H](Oc2ccc3c(cnn3-c3ccc(F)cc3)c2)[C@H](C)NC(=O)c2ncc(C)s2)c1. The minimum atomic E-state index is -0.436. The number of fused-ring (bicyclic) bond motifs is 1. The molecule has 1 amide bonds. The van der Waals surface area contributed by atoms with Crippen LogP contribution in [0.2, 0.25) is 0 Å². The first-order chi connectivity index (χ1) is 17.8. The third kappa shape index (κ3) is 5.60. The van der Waals surface area contributed by atoms with E-state index in [4.69, 9.17) is 4.74 Å². The predicted molar refractivity (Wildman–Crippen MR) is 151 cm³/mol. The molecule has 0 radical (unpaired) electrons. The second kappa shape index (κ2) is 11.1. The fourth-order valence-corrected chi connectivity index (χ4v) is 4.99. The Bertz CT molecular complexity index is 1580. The number of benzene rings is 3. The zero-order valence-electron chi connectivity index (χ0n) is 21.0. The molecule has 3 aromatic carbocycles. The van der Waals surface area contributed by atoms with Crippen molar-refractivity contribution >= 4 is 28.1 Å². The van der Waals surface area contributed by atoms with Gasteiger partial charge >= 0.3 is 0 Å². The highest BCUT2D eigenvalue weighted by atomic mass is 32.1. The molecule has 0 saturated heterocycles. The molecule has 6 nitrogen and oxygen atoms in total. The monoisotopic (exact) mass is 530 g/mol. The molecule has 5 aromatic rings. The molecule has 2 heterocycles. The lowest BCUT2D eigenvalue weighted by atomic mass is 9.96. The van der Waals surface area contributed by atoms with Crippen LogP contribution < -0.4 is 10.1 Å². The van der Waals surface area contributed by atoms with Gasteiger partial charge in [-0.05, 0) is 81.3 Å². The van der Waals surface area contributed by atoms with Gasteiger partial charge in [0.1, 0.15) is 17.7 Å². The van der Waals surface area contributed by atoms with Gasteiger partial charge in [0, 0.05) is 16.5 Å². The van der Waals surface area contributed by atoms with Crippen LogP contribution in [-0.2, 0) is 0 Å². The van der Waals surface area contributed by atoms with Gasteiger partial charge in [-0.1, -0.05) is 31.2 Å². The number of aromatic nitrogens is 3. The smallest absolute Gasteiger partial charge is 0.280 e. The number of aryl methyl sites for hydroxylation is 3. The molecule has 0 unspecified atom stereocenters. The number of carbonyl (C=O) groups excluding carboxylic acids is 1. The van der Waals surface area contributed by atoms with Gasteiger partial charge in [-0.3, -0.25) is 4.79 Å². The number of carbonyl (C=O) groups is 1. The molecular formula is C30H31FN4O2S. The summed E-state index contributed by atoms with van der Waals surface area (Å²) < 4.78 is 21.7. The molecule has 5 rings (SSSR count). The van der Waals surface area contributed by atoms with Gasteiger partial charge in [0.25, 0.3) is 5.91 Å². The molecule has 0 aliphatic carbocycles. The summed E-state index contributed by atoms with van der Waals surface area (Å²) in [6, 6.07) is 17.9. The summed E-state index contributed by atoms with van der Waals surface area (Å²) in [5.41, 5.74) is 4.84. The van der Waals surface area contributed by atoms with Crippen LogP contribution >= 0.6 is 11.3 Å². The largest absolute Gasteiger partial charge is 0.484 e. The van der Waals surface area contributed by atoms with Crippen molar-refractivity contribution in [2.24, 2.45) is 0 Å². The fraction of sp³-hybridized carbons (Fsp3) is 0.233. The molecule has 0 bridgehead atoms. The van der Waals surface area contributed by atoms with E-state index in [1.165, 1.54) is 23.5 Å². The highest BCUT2D eigenvalue weighted by Crippen LogP contribution is 2.31. The van der Waals surface area contributed by atoms with Crippen molar-refractivity contribution in [3.05, 3.63) is 105 Å². The van der Waals surface area contributed by atoms with Crippen molar-refractivity contribution in [2.45, 2.75) is 47.3 Å². The van der Waals surface area contributed by atoms with Crippen LogP contribution in [0, 0.1) is 26.6 Å². The van der Waals surface area contributed by atoms with Crippen LogP contribution in [0.1, 0.15) is 51.8 Å². The highest BCUT2D eigenvalue weighted by molar-refractivity contribution is 7.13. The molecule has 0 spiro atoms. The van der Waals surface area contributed by atoms with Crippen molar-refractivity contribution in [3.63, 3.8) is 0 Å². The zero-order valence-corrected chi connectivity index (χ0v) is 21.8. The van der Waals surface area contributed by atoms with Crippen LogP contribution in [0.4, 0.5) is 4.39 Å². The minimum Gasteiger partial charge on any atom is -0.484 e. The first kappa shape index (κ1) is 27.0. The van der Waals surface area contributed by atoms with Crippen LogP contribution in [-0.4, -0.2) is 26.7 Å². The number of halogens is 1. The number of nitrogens with zero attached hydrogens (tertiary/aromatic N) is 3. The summed E-state index contributed by atoms with van der Waals surface area (Å²) in [5, 5.41) is 8.88. The summed E-state index contributed by atoms with van der Waals surface area (Å²) in [5.74, 6) is 0.142. The number of hydrogen-bond donors (Lipinski definition) is 1. The average Bonchev–Trinajstić information content (AvgIpc) is 3.50. The molecule has 2 atom stereocenters. The Morgan fingerprint density at radius 2 is 1.79 bits per heavy atom. The van der Waals surface area contributed by atoms with E-state index in [1.807, 2.05) is 45.9 Å². The first-order valence-corrected chi connectivity index (χ1v) is 12.8.